The Bertz CT molecular complexity index is 305. The second-order valence-electron chi connectivity index (χ2n) is 2.87. The van der Waals surface area contributed by atoms with Crippen molar-refractivity contribution in [3.63, 3.8) is 0 Å². The fourth-order valence-corrected chi connectivity index (χ4v) is 1.01. The van der Waals surface area contributed by atoms with E-state index in [2.05, 4.69) is 0 Å². The molecular formula is C10H15N3. The smallest absolute Gasteiger partial charge is 0.0553 e. The summed E-state index contributed by atoms with van der Waals surface area (Å²) in [4.78, 5) is 0. The van der Waals surface area contributed by atoms with Gasteiger partial charge < -0.3 is 17.2 Å². The molecule has 0 radical (unpaired) electrons. The van der Waals surface area contributed by atoms with Gasteiger partial charge in [-0.25, -0.2) is 0 Å². The van der Waals surface area contributed by atoms with Gasteiger partial charge in [0.05, 0.1) is 11.4 Å². The average Bonchev–Trinajstić information content (AvgIpc) is 2.12. The van der Waals surface area contributed by atoms with Crippen molar-refractivity contribution >= 4 is 17.5 Å². The average molecular weight is 177 g/mol. The molecule has 0 heterocycles. The number of nitrogens with two attached hydrogens (primary N) is 3. The van der Waals surface area contributed by atoms with E-state index in [9.17, 15) is 0 Å². The summed E-state index contributed by atoms with van der Waals surface area (Å²) >= 11 is 0. The van der Waals surface area contributed by atoms with Crippen LogP contribution >= 0.6 is 0 Å². The van der Waals surface area contributed by atoms with Crippen LogP contribution in [0.25, 0.3) is 6.08 Å². The second-order valence-corrected chi connectivity index (χ2v) is 2.87. The maximum absolute atomic E-state index is 5.64. The lowest BCUT2D eigenvalue weighted by molar-refractivity contribution is 1.01. The Kier molecular flexibility index (Phi) is 3.34. The molecule has 1 aromatic carbocycles. The minimum Gasteiger partial charge on any atom is -0.397 e. The monoisotopic (exact) mass is 177 g/mol. The van der Waals surface area contributed by atoms with Crippen molar-refractivity contribution in [1.29, 1.82) is 0 Å². The summed E-state index contributed by atoms with van der Waals surface area (Å²) < 4.78 is 0. The summed E-state index contributed by atoms with van der Waals surface area (Å²) in [5, 5.41) is 0. The van der Waals surface area contributed by atoms with Gasteiger partial charge in [-0.05, 0) is 30.7 Å². The van der Waals surface area contributed by atoms with Crippen LogP contribution in [0.5, 0.6) is 0 Å². The molecule has 0 aliphatic heterocycles. The van der Waals surface area contributed by atoms with E-state index in [0.29, 0.717) is 17.9 Å². The van der Waals surface area contributed by atoms with Crippen LogP contribution in [-0.2, 0) is 0 Å². The second kappa shape index (κ2) is 4.52. The summed E-state index contributed by atoms with van der Waals surface area (Å²) in [7, 11) is 0. The Balaban J connectivity index is 2.73. The van der Waals surface area contributed by atoms with Crippen LogP contribution in [0.2, 0.25) is 0 Å². The summed E-state index contributed by atoms with van der Waals surface area (Å²) in [6.07, 6.45) is 4.89. The van der Waals surface area contributed by atoms with Crippen molar-refractivity contribution in [2.45, 2.75) is 6.42 Å². The van der Waals surface area contributed by atoms with Gasteiger partial charge in [-0.15, -0.1) is 0 Å². The van der Waals surface area contributed by atoms with Crippen molar-refractivity contribution in [3.05, 3.63) is 29.8 Å². The number of nitrogen functional groups attached to an aromatic ring is 2. The maximum Gasteiger partial charge on any atom is 0.0553 e. The highest BCUT2D eigenvalue weighted by Crippen LogP contribution is 2.16. The van der Waals surface area contributed by atoms with E-state index >= 15 is 0 Å². The van der Waals surface area contributed by atoms with Crippen molar-refractivity contribution in [3.8, 4) is 0 Å². The summed E-state index contributed by atoms with van der Waals surface area (Å²) in [6, 6.07) is 5.58. The third-order valence-electron chi connectivity index (χ3n) is 1.75. The molecule has 0 spiro atoms. The lowest BCUT2D eigenvalue weighted by Gasteiger charge is -2.00. The van der Waals surface area contributed by atoms with E-state index in [1.54, 1.807) is 6.07 Å². The minimum atomic E-state index is 0.620. The van der Waals surface area contributed by atoms with Gasteiger partial charge in [-0.2, -0.15) is 0 Å². The Hall–Kier alpha value is -1.48. The SMILES string of the molecule is NCCC=Cc1ccc(N)c(N)c1. The normalized spacial score (nSPS) is 10.8. The van der Waals surface area contributed by atoms with Crippen LogP contribution in [0.15, 0.2) is 24.3 Å². The molecule has 0 aromatic heterocycles. The molecule has 0 amide bonds. The zero-order valence-electron chi connectivity index (χ0n) is 7.53. The number of hydrogen-bond donors (Lipinski definition) is 3. The quantitative estimate of drug-likeness (QED) is 0.607. The molecule has 0 aliphatic rings. The van der Waals surface area contributed by atoms with E-state index in [-0.39, 0.29) is 0 Å². The van der Waals surface area contributed by atoms with Gasteiger partial charge in [0.1, 0.15) is 0 Å². The number of hydrogen-bond acceptors (Lipinski definition) is 3. The first-order valence-electron chi connectivity index (χ1n) is 4.25. The van der Waals surface area contributed by atoms with Gasteiger partial charge in [0.25, 0.3) is 0 Å². The minimum absolute atomic E-state index is 0.620. The summed E-state index contributed by atoms with van der Waals surface area (Å²) in [5.41, 5.74) is 18.9. The molecule has 13 heavy (non-hydrogen) atoms. The molecular weight excluding hydrogens is 162 g/mol. The third-order valence-corrected chi connectivity index (χ3v) is 1.75. The van der Waals surface area contributed by atoms with Crippen LogP contribution < -0.4 is 17.2 Å². The number of anilines is 2. The highest BCUT2D eigenvalue weighted by molar-refractivity contribution is 5.68. The van der Waals surface area contributed by atoms with E-state index in [4.69, 9.17) is 17.2 Å². The van der Waals surface area contributed by atoms with E-state index < -0.39 is 0 Å². The predicted molar refractivity (Wildman–Crippen MR) is 58.0 cm³/mol. The topological polar surface area (TPSA) is 78.1 Å². The molecule has 0 saturated carbocycles. The number of rotatable bonds is 3. The van der Waals surface area contributed by atoms with E-state index in [1.807, 2.05) is 24.3 Å². The Morgan fingerprint density at radius 1 is 1.15 bits per heavy atom. The number of benzene rings is 1. The Morgan fingerprint density at radius 2 is 1.92 bits per heavy atom. The van der Waals surface area contributed by atoms with Crippen LogP contribution in [0, 0.1) is 0 Å². The first-order chi connectivity index (χ1) is 6.24. The molecule has 0 unspecified atom stereocenters. The highest BCUT2D eigenvalue weighted by Gasteiger charge is 1.93. The molecule has 0 atom stereocenters. The molecule has 0 aliphatic carbocycles. The zero-order valence-corrected chi connectivity index (χ0v) is 7.53. The van der Waals surface area contributed by atoms with Gasteiger partial charge >= 0.3 is 0 Å². The van der Waals surface area contributed by atoms with Crippen molar-refractivity contribution in [2.24, 2.45) is 5.73 Å². The van der Waals surface area contributed by atoms with Gasteiger partial charge in [0.2, 0.25) is 0 Å². The fraction of sp³-hybridized carbons (Fsp3) is 0.200. The molecule has 0 saturated heterocycles. The molecule has 0 fully saturated rings. The zero-order chi connectivity index (χ0) is 9.68. The van der Waals surface area contributed by atoms with Gasteiger partial charge in [0.15, 0.2) is 0 Å². The maximum atomic E-state index is 5.64. The van der Waals surface area contributed by atoms with E-state index in [0.717, 1.165) is 12.0 Å². The highest BCUT2D eigenvalue weighted by atomic mass is 14.7. The molecule has 3 heteroatoms. The van der Waals surface area contributed by atoms with Crippen molar-refractivity contribution in [1.82, 2.24) is 0 Å². The summed E-state index contributed by atoms with van der Waals surface area (Å²) in [5.74, 6) is 0. The van der Waals surface area contributed by atoms with Crippen molar-refractivity contribution in [2.75, 3.05) is 18.0 Å². The molecule has 0 bridgehead atoms. The first kappa shape index (κ1) is 9.61. The van der Waals surface area contributed by atoms with Gasteiger partial charge in [-0.3, -0.25) is 0 Å². The van der Waals surface area contributed by atoms with Crippen LogP contribution in [0.4, 0.5) is 11.4 Å². The molecule has 3 nitrogen and oxygen atoms in total. The van der Waals surface area contributed by atoms with Crippen LogP contribution in [-0.4, -0.2) is 6.54 Å². The van der Waals surface area contributed by atoms with E-state index in [1.165, 1.54) is 0 Å². The molecule has 70 valence electrons. The van der Waals surface area contributed by atoms with Gasteiger partial charge in [-0.1, -0.05) is 18.2 Å². The van der Waals surface area contributed by atoms with Crippen LogP contribution in [0.3, 0.4) is 0 Å². The Morgan fingerprint density at radius 3 is 2.54 bits per heavy atom. The first-order valence-corrected chi connectivity index (χ1v) is 4.25. The summed E-state index contributed by atoms with van der Waals surface area (Å²) in [6.45, 7) is 0.668. The Labute approximate surface area is 78.2 Å². The molecule has 1 rings (SSSR count). The largest absolute Gasteiger partial charge is 0.397 e. The molecule has 1 aromatic rings. The lowest BCUT2D eigenvalue weighted by Crippen LogP contribution is -1.95. The predicted octanol–water partition coefficient (Wildman–Crippen LogP) is 1.21. The standard InChI is InChI=1S/C10H15N3/c11-6-2-1-3-8-4-5-9(12)10(13)7-8/h1,3-5,7H,2,6,11-13H2. The third kappa shape index (κ3) is 2.80. The van der Waals surface area contributed by atoms with Gasteiger partial charge in [0, 0.05) is 0 Å². The van der Waals surface area contributed by atoms with Crippen LogP contribution in [0.1, 0.15) is 12.0 Å². The molecule has 6 N–H and O–H groups in total. The lowest BCUT2D eigenvalue weighted by atomic mass is 10.1. The fourth-order valence-electron chi connectivity index (χ4n) is 1.01. The van der Waals surface area contributed by atoms with Crippen molar-refractivity contribution < 1.29 is 0 Å².